The Kier molecular flexibility index (Phi) is 66.9. The van der Waals surface area contributed by atoms with E-state index in [0.717, 1.165) is 57.8 Å². The second-order valence-electron chi connectivity index (χ2n) is 24.6. The highest BCUT2D eigenvalue weighted by Crippen LogP contribution is 2.18. The van der Waals surface area contributed by atoms with Crippen LogP contribution < -0.4 is 5.32 Å². The molecule has 3 N–H and O–H groups in total. The lowest BCUT2D eigenvalue weighted by molar-refractivity contribution is -0.143. The summed E-state index contributed by atoms with van der Waals surface area (Å²) in [6, 6.07) is -0.637. The van der Waals surface area contributed by atoms with Gasteiger partial charge < -0.3 is 20.3 Å². The molecule has 466 valence electrons. The van der Waals surface area contributed by atoms with Gasteiger partial charge in [-0.3, -0.25) is 9.59 Å². The van der Waals surface area contributed by atoms with Crippen LogP contribution in [-0.4, -0.2) is 47.4 Å². The van der Waals surface area contributed by atoms with Gasteiger partial charge in [0, 0.05) is 12.8 Å². The molecular formula is C73H139NO5. The summed E-state index contributed by atoms with van der Waals surface area (Å²) in [5, 5.41) is 23.2. The number of aliphatic hydroxyl groups is 2. The molecule has 6 nitrogen and oxygen atoms in total. The maximum Gasteiger partial charge on any atom is 0.305 e. The minimum Gasteiger partial charge on any atom is -0.466 e. The standard InChI is InChI=1S/C73H139NO5/c1-3-5-7-9-11-13-15-17-19-21-23-30-33-37-41-45-49-53-57-61-65-71(76)70(69-75)74-72(77)66-62-58-54-50-46-42-38-34-31-27-25-24-26-28-32-36-40-44-48-52-56-60-64-68-79-73(78)67-63-59-55-51-47-43-39-35-29-22-20-18-16-14-12-10-8-6-4-2/h24,26-27,31,61,65,70-71,75-76H,3-23,25,28-30,32-60,62-64,66-69H2,1-2H3,(H,74,77)/b26-24-,31-27-,65-61+. The fourth-order valence-electron chi connectivity index (χ4n) is 11.2. The molecular weight excluding hydrogens is 971 g/mol. The average Bonchev–Trinajstić information content (AvgIpc) is 3.45. The molecule has 0 heterocycles. The van der Waals surface area contributed by atoms with Crippen molar-refractivity contribution in [2.75, 3.05) is 13.2 Å². The van der Waals surface area contributed by atoms with Gasteiger partial charge in [-0.1, -0.05) is 352 Å². The van der Waals surface area contributed by atoms with E-state index in [-0.39, 0.29) is 18.5 Å². The summed E-state index contributed by atoms with van der Waals surface area (Å²) >= 11 is 0. The molecule has 1 amide bonds. The molecule has 6 heteroatoms. The van der Waals surface area contributed by atoms with Crippen LogP contribution in [0.15, 0.2) is 36.5 Å². The number of esters is 1. The van der Waals surface area contributed by atoms with Crippen LogP contribution >= 0.6 is 0 Å². The number of hydrogen-bond donors (Lipinski definition) is 3. The number of carbonyl (C=O) groups is 2. The van der Waals surface area contributed by atoms with Crippen LogP contribution in [0.4, 0.5) is 0 Å². The molecule has 0 aromatic rings. The second kappa shape index (κ2) is 68.6. The number of hydrogen-bond acceptors (Lipinski definition) is 5. The summed E-state index contributed by atoms with van der Waals surface area (Å²) in [5.41, 5.74) is 0. The minimum absolute atomic E-state index is 0.0119. The molecule has 0 radical (unpaired) electrons. The molecule has 0 aliphatic rings. The van der Waals surface area contributed by atoms with Gasteiger partial charge in [0.1, 0.15) is 0 Å². The van der Waals surface area contributed by atoms with Gasteiger partial charge in [-0.2, -0.15) is 0 Å². The normalized spacial score (nSPS) is 12.7. The Labute approximate surface area is 494 Å². The summed E-state index contributed by atoms with van der Waals surface area (Å²) in [6.07, 6.45) is 87.9. The Hall–Kier alpha value is -1.92. The molecule has 0 saturated carbocycles. The van der Waals surface area contributed by atoms with Gasteiger partial charge in [-0.25, -0.2) is 0 Å². The Morgan fingerprint density at radius 3 is 0.962 bits per heavy atom. The van der Waals surface area contributed by atoms with Crippen LogP contribution in [0, 0.1) is 0 Å². The van der Waals surface area contributed by atoms with Crippen LogP contribution in [0.5, 0.6) is 0 Å². The lowest BCUT2D eigenvalue weighted by Crippen LogP contribution is -2.45. The Morgan fingerprint density at radius 2 is 0.633 bits per heavy atom. The van der Waals surface area contributed by atoms with Crippen molar-refractivity contribution >= 4 is 11.9 Å². The molecule has 79 heavy (non-hydrogen) atoms. The summed E-state index contributed by atoms with van der Waals surface area (Å²) in [6.45, 7) is 4.94. The van der Waals surface area contributed by atoms with Crippen molar-refractivity contribution in [1.82, 2.24) is 5.32 Å². The zero-order valence-corrected chi connectivity index (χ0v) is 53.4. The first kappa shape index (κ1) is 77.1. The monoisotopic (exact) mass is 1110 g/mol. The first-order valence-corrected chi connectivity index (χ1v) is 35.8. The van der Waals surface area contributed by atoms with E-state index in [2.05, 4.69) is 43.5 Å². The number of allylic oxidation sites excluding steroid dienone is 5. The third-order valence-electron chi connectivity index (χ3n) is 16.7. The van der Waals surface area contributed by atoms with E-state index in [1.165, 1.54) is 308 Å². The maximum absolute atomic E-state index is 12.5. The third kappa shape index (κ3) is 65.1. The van der Waals surface area contributed by atoms with E-state index in [1.807, 2.05) is 6.08 Å². The van der Waals surface area contributed by atoms with E-state index in [4.69, 9.17) is 4.74 Å². The highest BCUT2D eigenvalue weighted by Gasteiger charge is 2.18. The first-order valence-electron chi connectivity index (χ1n) is 35.8. The third-order valence-corrected chi connectivity index (χ3v) is 16.7. The SMILES string of the molecule is CCCCCCCCCCCCCCCCCCCC/C=C/C(O)C(CO)NC(=O)CCCCCCCCC/C=C\C/C=C\CCCCCCCCCCCOC(=O)CCCCCCCCCCCCCCCCCCCCC. The van der Waals surface area contributed by atoms with Crippen molar-refractivity contribution in [3.63, 3.8) is 0 Å². The van der Waals surface area contributed by atoms with E-state index in [9.17, 15) is 19.8 Å². The fraction of sp³-hybridized carbons (Fsp3) is 0.890. The molecule has 0 rings (SSSR count). The summed E-state index contributed by atoms with van der Waals surface area (Å²) < 4.78 is 5.51. The molecule has 0 bridgehead atoms. The highest BCUT2D eigenvalue weighted by molar-refractivity contribution is 5.76. The second-order valence-corrected chi connectivity index (χ2v) is 24.6. The highest BCUT2D eigenvalue weighted by atomic mass is 16.5. The zero-order valence-electron chi connectivity index (χ0n) is 53.4. The van der Waals surface area contributed by atoms with Gasteiger partial charge in [0.2, 0.25) is 5.91 Å². The van der Waals surface area contributed by atoms with E-state index in [0.29, 0.717) is 19.4 Å². The quantitative estimate of drug-likeness (QED) is 0.0320. The fourth-order valence-corrected chi connectivity index (χ4v) is 11.2. The molecule has 0 saturated heterocycles. The molecule has 0 aliphatic carbocycles. The lowest BCUT2D eigenvalue weighted by Gasteiger charge is -2.20. The number of unbranched alkanes of at least 4 members (excludes halogenated alkanes) is 52. The smallest absolute Gasteiger partial charge is 0.305 e. The van der Waals surface area contributed by atoms with Crippen molar-refractivity contribution in [3.05, 3.63) is 36.5 Å². The van der Waals surface area contributed by atoms with Gasteiger partial charge in [0.25, 0.3) is 0 Å². The molecule has 0 spiro atoms. The van der Waals surface area contributed by atoms with Crippen LogP contribution in [-0.2, 0) is 14.3 Å². The van der Waals surface area contributed by atoms with Crippen molar-refractivity contribution in [1.29, 1.82) is 0 Å². The largest absolute Gasteiger partial charge is 0.466 e. The Balaban J connectivity index is 3.45. The van der Waals surface area contributed by atoms with Crippen LogP contribution in [0.2, 0.25) is 0 Å². The van der Waals surface area contributed by atoms with Crippen molar-refractivity contribution in [3.8, 4) is 0 Å². The van der Waals surface area contributed by atoms with E-state index >= 15 is 0 Å². The predicted octanol–water partition coefficient (Wildman–Crippen LogP) is 23.1. The molecule has 2 unspecified atom stereocenters. The maximum atomic E-state index is 12.5. The first-order chi connectivity index (χ1) is 39.0. The predicted molar refractivity (Wildman–Crippen MR) is 347 cm³/mol. The number of carbonyl (C=O) groups excluding carboxylic acids is 2. The molecule has 0 aromatic heterocycles. The number of aliphatic hydroxyl groups excluding tert-OH is 2. The topological polar surface area (TPSA) is 95.9 Å². The lowest BCUT2D eigenvalue weighted by atomic mass is 10.0. The number of rotatable bonds is 67. The molecule has 2 atom stereocenters. The zero-order chi connectivity index (χ0) is 57.1. The van der Waals surface area contributed by atoms with Crippen LogP contribution in [0.25, 0.3) is 0 Å². The molecule has 0 aliphatic heterocycles. The van der Waals surface area contributed by atoms with Crippen LogP contribution in [0.3, 0.4) is 0 Å². The van der Waals surface area contributed by atoms with Gasteiger partial charge in [0.05, 0.1) is 25.4 Å². The average molecular weight is 1110 g/mol. The van der Waals surface area contributed by atoms with E-state index in [1.54, 1.807) is 6.08 Å². The van der Waals surface area contributed by atoms with Gasteiger partial charge >= 0.3 is 5.97 Å². The molecule has 0 aromatic carbocycles. The minimum atomic E-state index is -0.852. The number of ether oxygens (including phenoxy) is 1. The Bertz CT molecular complexity index is 1280. The summed E-state index contributed by atoms with van der Waals surface area (Å²) in [4.78, 5) is 24.6. The van der Waals surface area contributed by atoms with Gasteiger partial charge in [-0.15, -0.1) is 0 Å². The van der Waals surface area contributed by atoms with Crippen molar-refractivity contribution in [2.45, 2.75) is 405 Å². The summed E-state index contributed by atoms with van der Waals surface area (Å²) in [5.74, 6) is -0.0633. The summed E-state index contributed by atoms with van der Waals surface area (Å²) in [7, 11) is 0. The Morgan fingerprint density at radius 1 is 0.354 bits per heavy atom. The van der Waals surface area contributed by atoms with Gasteiger partial charge in [-0.05, 0) is 64.2 Å². The molecule has 0 fully saturated rings. The van der Waals surface area contributed by atoms with E-state index < -0.39 is 12.1 Å². The van der Waals surface area contributed by atoms with Crippen LogP contribution in [0.1, 0.15) is 393 Å². The van der Waals surface area contributed by atoms with Crippen molar-refractivity contribution in [2.24, 2.45) is 0 Å². The number of nitrogens with one attached hydrogen (secondary N) is 1. The number of amides is 1. The van der Waals surface area contributed by atoms with Gasteiger partial charge in [0.15, 0.2) is 0 Å². The van der Waals surface area contributed by atoms with Crippen molar-refractivity contribution < 1.29 is 24.5 Å².